The summed E-state index contributed by atoms with van der Waals surface area (Å²) in [5, 5.41) is 13.1. The molecule has 4 heteroatoms. The van der Waals surface area contributed by atoms with E-state index < -0.39 is 0 Å². The number of hydrazone groups is 1. The molecule has 2 N–H and O–H groups in total. The van der Waals surface area contributed by atoms with Crippen molar-refractivity contribution in [1.82, 2.24) is 5.43 Å². The SMILES string of the molecule is CCCCCCCC(=O)N/N=C\c1cccc(O)c1. The largest absolute Gasteiger partial charge is 0.508 e. The number of hydrogen-bond acceptors (Lipinski definition) is 3. The van der Waals surface area contributed by atoms with Crippen LogP contribution in [0.2, 0.25) is 0 Å². The van der Waals surface area contributed by atoms with Crippen LogP contribution in [-0.4, -0.2) is 17.2 Å². The van der Waals surface area contributed by atoms with Crippen molar-refractivity contribution >= 4 is 12.1 Å². The number of rotatable bonds is 8. The van der Waals surface area contributed by atoms with Gasteiger partial charge in [0.05, 0.1) is 6.21 Å². The summed E-state index contributed by atoms with van der Waals surface area (Å²) in [5.41, 5.74) is 3.24. The first kappa shape index (κ1) is 15.2. The quantitative estimate of drug-likeness (QED) is 0.429. The third-order valence-electron chi connectivity index (χ3n) is 2.78. The van der Waals surface area contributed by atoms with Gasteiger partial charge in [-0.25, -0.2) is 5.43 Å². The highest BCUT2D eigenvalue weighted by Crippen LogP contribution is 2.08. The number of unbranched alkanes of at least 4 members (excludes halogenated alkanes) is 4. The van der Waals surface area contributed by atoms with Crippen LogP contribution in [0.4, 0.5) is 0 Å². The van der Waals surface area contributed by atoms with Crippen LogP contribution in [0, 0.1) is 0 Å². The van der Waals surface area contributed by atoms with Crippen molar-refractivity contribution in [3.8, 4) is 5.75 Å². The molecule has 0 unspecified atom stereocenters. The standard InChI is InChI=1S/C15H22N2O2/c1-2-3-4-5-6-10-15(19)17-16-12-13-8-7-9-14(18)11-13/h7-9,11-12,18H,2-6,10H2,1H3,(H,17,19)/b16-12-. The van der Waals surface area contributed by atoms with Gasteiger partial charge in [0.15, 0.2) is 0 Å². The van der Waals surface area contributed by atoms with E-state index in [4.69, 9.17) is 0 Å². The van der Waals surface area contributed by atoms with E-state index in [0.29, 0.717) is 6.42 Å². The Morgan fingerprint density at radius 2 is 2.11 bits per heavy atom. The lowest BCUT2D eigenvalue weighted by Gasteiger charge is -2.00. The molecule has 0 aliphatic carbocycles. The molecule has 0 bridgehead atoms. The Morgan fingerprint density at radius 3 is 2.84 bits per heavy atom. The number of phenolic OH excluding ortho intramolecular Hbond substituents is 1. The van der Waals surface area contributed by atoms with Gasteiger partial charge < -0.3 is 5.11 Å². The number of hydrogen-bond donors (Lipinski definition) is 2. The van der Waals surface area contributed by atoms with Crippen LogP contribution in [0.1, 0.15) is 51.0 Å². The Kier molecular flexibility index (Phi) is 7.32. The van der Waals surface area contributed by atoms with Crippen LogP contribution in [0.25, 0.3) is 0 Å². The summed E-state index contributed by atoms with van der Waals surface area (Å²) in [6.07, 6.45) is 7.68. The molecule has 4 nitrogen and oxygen atoms in total. The molecule has 1 amide bonds. The van der Waals surface area contributed by atoms with Crippen molar-refractivity contribution in [2.45, 2.75) is 45.4 Å². The predicted octanol–water partition coefficient (Wildman–Crippen LogP) is 3.20. The molecule has 1 aromatic rings. The van der Waals surface area contributed by atoms with Crippen molar-refractivity contribution in [3.63, 3.8) is 0 Å². The third-order valence-corrected chi connectivity index (χ3v) is 2.78. The summed E-state index contributed by atoms with van der Waals surface area (Å²) in [5.74, 6) is 0.124. The Hall–Kier alpha value is -1.84. The highest BCUT2D eigenvalue weighted by atomic mass is 16.3. The van der Waals surface area contributed by atoms with E-state index in [-0.39, 0.29) is 11.7 Å². The van der Waals surface area contributed by atoms with Crippen LogP contribution >= 0.6 is 0 Å². The van der Waals surface area contributed by atoms with Crippen molar-refractivity contribution < 1.29 is 9.90 Å². The lowest BCUT2D eigenvalue weighted by atomic mass is 10.1. The number of nitrogens with zero attached hydrogens (tertiary/aromatic N) is 1. The first-order chi connectivity index (χ1) is 9.22. The van der Waals surface area contributed by atoms with Crippen molar-refractivity contribution in [3.05, 3.63) is 29.8 Å². The molecule has 0 aliphatic rings. The highest BCUT2D eigenvalue weighted by molar-refractivity contribution is 5.82. The molecule has 104 valence electrons. The second kappa shape index (κ2) is 9.14. The fourth-order valence-electron chi connectivity index (χ4n) is 1.73. The van der Waals surface area contributed by atoms with Gasteiger partial charge in [0, 0.05) is 6.42 Å². The Balaban J connectivity index is 2.19. The van der Waals surface area contributed by atoms with Crippen LogP contribution in [0.5, 0.6) is 5.75 Å². The second-order valence-corrected chi connectivity index (χ2v) is 4.55. The molecule has 1 rings (SSSR count). The fraction of sp³-hybridized carbons (Fsp3) is 0.467. The minimum Gasteiger partial charge on any atom is -0.508 e. The second-order valence-electron chi connectivity index (χ2n) is 4.55. The third kappa shape index (κ3) is 7.24. The lowest BCUT2D eigenvalue weighted by Crippen LogP contribution is -2.16. The Labute approximate surface area is 114 Å². The Bertz CT molecular complexity index is 416. The first-order valence-electron chi connectivity index (χ1n) is 6.83. The van der Waals surface area contributed by atoms with Crippen LogP contribution < -0.4 is 5.43 Å². The molecule has 0 heterocycles. The summed E-state index contributed by atoms with van der Waals surface area (Å²) in [6, 6.07) is 6.71. The van der Waals surface area contributed by atoms with Crippen LogP contribution in [0.15, 0.2) is 29.4 Å². The zero-order chi connectivity index (χ0) is 13.9. The van der Waals surface area contributed by atoms with Gasteiger partial charge in [-0.1, -0.05) is 44.7 Å². The molecule has 0 saturated heterocycles. The molecule has 0 fully saturated rings. The fourth-order valence-corrected chi connectivity index (χ4v) is 1.73. The maximum atomic E-state index is 11.5. The van der Waals surface area contributed by atoms with Gasteiger partial charge in [-0.15, -0.1) is 0 Å². The summed E-state index contributed by atoms with van der Waals surface area (Å²) < 4.78 is 0. The highest BCUT2D eigenvalue weighted by Gasteiger charge is 1.98. The number of amides is 1. The zero-order valence-corrected chi connectivity index (χ0v) is 11.4. The molecular formula is C15H22N2O2. The monoisotopic (exact) mass is 262 g/mol. The van der Waals surface area contributed by atoms with Gasteiger partial charge >= 0.3 is 0 Å². The smallest absolute Gasteiger partial charge is 0.240 e. The number of carbonyl (C=O) groups is 1. The summed E-state index contributed by atoms with van der Waals surface area (Å²) in [7, 11) is 0. The topological polar surface area (TPSA) is 61.7 Å². The van der Waals surface area contributed by atoms with Crippen molar-refractivity contribution in [2.24, 2.45) is 5.10 Å². The zero-order valence-electron chi connectivity index (χ0n) is 11.4. The maximum absolute atomic E-state index is 11.5. The van der Waals surface area contributed by atoms with Gasteiger partial charge in [-0.05, 0) is 24.1 Å². The van der Waals surface area contributed by atoms with Crippen molar-refractivity contribution in [1.29, 1.82) is 0 Å². The number of benzene rings is 1. The average Bonchev–Trinajstić information content (AvgIpc) is 2.38. The van der Waals surface area contributed by atoms with Crippen molar-refractivity contribution in [2.75, 3.05) is 0 Å². The number of phenols is 1. The number of carbonyl (C=O) groups excluding carboxylic acids is 1. The molecule has 0 radical (unpaired) electrons. The lowest BCUT2D eigenvalue weighted by molar-refractivity contribution is -0.121. The molecule has 0 aromatic heterocycles. The average molecular weight is 262 g/mol. The van der Waals surface area contributed by atoms with Gasteiger partial charge in [0.2, 0.25) is 5.91 Å². The molecule has 0 atom stereocenters. The summed E-state index contributed by atoms with van der Waals surface area (Å²) in [6.45, 7) is 2.17. The van der Waals surface area contributed by atoms with Crippen LogP contribution in [-0.2, 0) is 4.79 Å². The normalized spacial score (nSPS) is 10.8. The first-order valence-corrected chi connectivity index (χ1v) is 6.83. The van der Waals surface area contributed by atoms with E-state index in [9.17, 15) is 9.90 Å². The van der Waals surface area contributed by atoms with E-state index in [0.717, 1.165) is 18.4 Å². The minimum absolute atomic E-state index is 0.0621. The van der Waals surface area contributed by atoms with Gasteiger partial charge in [0.25, 0.3) is 0 Å². The Morgan fingerprint density at radius 1 is 1.32 bits per heavy atom. The van der Waals surface area contributed by atoms with E-state index in [1.807, 2.05) is 0 Å². The molecular weight excluding hydrogens is 240 g/mol. The van der Waals surface area contributed by atoms with Gasteiger partial charge in [-0.3, -0.25) is 4.79 Å². The van der Waals surface area contributed by atoms with Gasteiger partial charge in [0.1, 0.15) is 5.75 Å². The van der Waals surface area contributed by atoms with E-state index in [1.165, 1.54) is 25.5 Å². The van der Waals surface area contributed by atoms with Gasteiger partial charge in [-0.2, -0.15) is 5.10 Å². The summed E-state index contributed by atoms with van der Waals surface area (Å²) in [4.78, 5) is 11.5. The summed E-state index contributed by atoms with van der Waals surface area (Å²) >= 11 is 0. The molecule has 0 aliphatic heterocycles. The molecule has 19 heavy (non-hydrogen) atoms. The number of aromatic hydroxyl groups is 1. The minimum atomic E-state index is -0.0621. The predicted molar refractivity (Wildman–Crippen MR) is 77.2 cm³/mol. The molecule has 1 aromatic carbocycles. The van der Waals surface area contributed by atoms with E-state index in [2.05, 4.69) is 17.5 Å². The van der Waals surface area contributed by atoms with Crippen LogP contribution in [0.3, 0.4) is 0 Å². The number of nitrogens with one attached hydrogen (secondary N) is 1. The molecule has 0 spiro atoms. The van der Waals surface area contributed by atoms with E-state index >= 15 is 0 Å². The maximum Gasteiger partial charge on any atom is 0.240 e. The molecule has 0 saturated carbocycles. The van der Waals surface area contributed by atoms with E-state index in [1.54, 1.807) is 24.3 Å².